The monoisotopic (exact) mass is 260 g/mol. The molecular formula is C12H8N2O3S. The summed E-state index contributed by atoms with van der Waals surface area (Å²) in [6.45, 7) is 0.141. The van der Waals surface area contributed by atoms with E-state index in [1.54, 1.807) is 29.6 Å². The first-order chi connectivity index (χ1) is 8.70. The molecule has 5 nitrogen and oxygen atoms in total. The number of nitriles is 1. The Hall–Kier alpha value is -2.39. The highest BCUT2D eigenvalue weighted by Gasteiger charge is 2.09. The molecule has 0 saturated heterocycles. The van der Waals surface area contributed by atoms with Gasteiger partial charge in [0.2, 0.25) is 5.01 Å². The summed E-state index contributed by atoms with van der Waals surface area (Å²) in [5, 5.41) is 19.3. The number of hydrogen-bond acceptors (Lipinski definition) is 5. The number of carboxylic acid groups (broad SMARTS) is 1. The first kappa shape index (κ1) is 12.1. The minimum atomic E-state index is -1.05. The predicted molar refractivity (Wildman–Crippen MR) is 64.6 cm³/mol. The Bertz CT molecular complexity index is 616. The number of benzene rings is 1. The van der Waals surface area contributed by atoms with Gasteiger partial charge in [-0.05, 0) is 12.1 Å². The number of hydrogen-bond donors (Lipinski definition) is 1. The fourth-order valence-corrected chi connectivity index (χ4v) is 1.95. The minimum absolute atomic E-state index is 0.0298. The van der Waals surface area contributed by atoms with Gasteiger partial charge in [-0.15, -0.1) is 11.3 Å². The van der Waals surface area contributed by atoms with Gasteiger partial charge in [-0.3, -0.25) is 0 Å². The highest BCUT2D eigenvalue weighted by Crippen LogP contribution is 2.18. The predicted octanol–water partition coefficient (Wildman–Crippen LogP) is 2.29. The molecule has 0 bridgehead atoms. The third kappa shape index (κ3) is 2.64. The van der Waals surface area contributed by atoms with Crippen molar-refractivity contribution in [2.45, 2.75) is 6.61 Å². The first-order valence-electron chi connectivity index (χ1n) is 5.00. The van der Waals surface area contributed by atoms with E-state index in [-0.39, 0.29) is 11.6 Å². The normalized spacial score (nSPS) is 9.72. The van der Waals surface area contributed by atoms with Gasteiger partial charge in [0.15, 0.2) is 0 Å². The van der Waals surface area contributed by atoms with Crippen LogP contribution in [0, 0.1) is 11.3 Å². The van der Waals surface area contributed by atoms with Gasteiger partial charge < -0.3 is 9.84 Å². The number of rotatable bonds is 4. The van der Waals surface area contributed by atoms with Crippen LogP contribution < -0.4 is 4.74 Å². The molecule has 18 heavy (non-hydrogen) atoms. The van der Waals surface area contributed by atoms with Crippen LogP contribution in [0.4, 0.5) is 0 Å². The van der Waals surface area contributed by atoms with Crippen molar-refractivity contribution in [2.75, 3.05) is 0 Å². The van der Waals surface area contributed by atoms with Crippen LogP contribution in [0.3, 0.4) is 0 Å². The molecule has 0 unspecified atom stereocenters. The lowest BCUT2D eigenvalue weighted by Crippen LogP contribution is -2.00. The maximum Gasteiger partial charge on any atom is 0.365 e. The standard InChI is InChI=1S/C12H8N2O3S/c13-5-8-3-1-2-4-10(8)17-6-9-7-18-11(14-9)12(15)16/h1-4,7H,6H2,(H,15,16). The van der Waals surface area contributed by atoms with Crippen LogP contribution in [0.25, 0.3) is 0 Å². The molecule has 0 aliphatic carbocycles. The summed E-state index contributed by atoms with van der Waals surface area (Å²) in [6.07, 6.45) is 0. The van der Waals surface area contributed by atoms with Gasteiger partial charge in [0.1, 0.15) is 18.4 Å². The zero-order chi connectivity index (χ0) is 13.0. The molecular weight excluding hydrogens is 252 g/mol. The van der Waals surface area contributed by atoms with Crippen LogP contribution in [0.2, 0.25) is 0 Å². The summed E-state index contributed by atoms with van der Waals surface area (Å²) in [7, 11) is 0. The Morgan fingerprint density at radius 3 is 2.94 bits per heavy atom. The molecule has 0 atom stereocenters. The van der Waals surface area contributed by atoms with Crippen LogP contribution >= 0.6 is 11.3 Å². The number of nitrogens with zero attached hydrogens (tertiary/aromatic N) is 2. The summed E-state index contributed by atoms with van der Waals surface area (Å²) in [6, 6.07) is 8.86. The number of para-hydroxylation sites is 1. The zero-order valence-electron chi connectivity index (χ0n) is 9.16. The average molecular weight is 260 g/mol. The lowest BCUT2D eigenvalue weighted by Gasteiger charge is -2.05. The summed E-state index contributed by atoms with van der Waals surface area (Å²) in [4.78, 5) is 14.5. The molecule has 90 valence electrons. The molecule has 0 spiro atoms. The third-order valence-corrected chi connectivity index (χ3v) is 3.00. The molecule has 2 rings (SSSR count). The van der Waals surface area contributed by atoms with Gasteiger partial charge in [-0.25, -0.2) is 9.78 Å². The number of thiazole rings is 1. The van der Waals surface area contributed by atoms with E-state index in [4.69, 9.17) is 15.1 Å². The van der Waals surface area contributed by atoms with Crippen molar-refractivity contribution in [2.24, 2.45) is 0 Å². The van der Waals surface area contributed by atoms with Crippen LogP contribution in [-0.2, 0) is 6.61 Å². The molecule has 0 fully saturated rings. The number of aromatic carboxylic acids is 1. The molecule has 1 heterocycles. The van der Waals surface area contributed by atoms with Gasteiger partial charge in [-0.2, -0.15) is 5.26 Å². The summed E-state index contributed by atoms with van der Waals surface area (Å²) < 4.78 is 5.44. The Labute approximate surface area is 107 Å². The maximum atomic E-state index is 10.7. The fourth-order valence-electron chi connectivity index (χ4n) is 1.31. The number of carboxylic acids is 1. The highest BCUT2D eigenvalue weighted by molar-refractivity contribution is 7.11. The lowest BCUT2D eigenvalue weighted by molar-refractivity contribution is 0.0696. The van der Waals surface area contributed by atoms with E-state index >= 15 is 0 Å². The molecule has 1 aromatic heterocycles. The average Bonchev–Trinajstić information content (AvgIpc) is 2.85. The minimum Gasteiger partial charge on any atom is -0.486 e. The van der Waals surface area contributed by atoms with E-state index in [1.807, 2.05) is 6.07 Å². The molecule has 0 amide bonds. The van der Waals surface area contributed by atoms with Gasteiger partial charge in [0.05, 0.1) is 11.3 Å². The molecule has 0 saturated carbocycles. The number of carbonyl (C=O) groups is 1. The van der Waals surface area contributed by atoms with E-state index in [2.05, 4.69) is 4.98 Å². The van der Waals surface area contributed by atoms with Crippen LogP contribution in [0.1, 0.15) is 21.1 Å². The van der Waals surface area contributed by atoms with Crippen molar-refractivity contribution in [3.8, 4) is 11.8 Å². The largest absolute Gasteiger partial charge is 0.486 e. The van der Waals surface area contributed by atoms with Gasteiger partial charge in [0.25, 0.3) is 0 Å². The van der Waals surface area contributed by atoms with Crippen molar-refractivity contribution in [3.63, 3.8) is 0 Å². The van der Waals surface area contributed by atoms with E-state index in [9.17, 15) is 4.79 Å². The zero-order valence-corrected chi connectivity index (χ0v) is 9.98. The number of aromatic nitrogens is 1. The van der Waals surface area contributed by atoms with Crippen molar-refractivity contribution >= 4 is 17.3 Å². The quantitative estimate of drug-likeness (QED) is 0.911. The van der Waals surface area contributed by atoms with E-state index in [0.717, 1.165) is 11.3 Å². The molecule has 2 aromatic rings. The summed E-state index contributed by atoms with van der Waals surface area (Å²) >= 11 is 1.05. The molecule has 1 N–H and O–H groups in total. The third-order valence-electron chi connectivity index (χ3n) is 2.12. The lowest BCUT2D eigenvalue weighted by atomic mass is 10.2. The van der Waals surface area contributed by atoms with Crippen molar-refractivity contribution in [1.29, 1.82) is 5.26 Å². The van der Waals surface area contributed by atoms with Crippen molar-refractivity contribution < 1.29 is 14.6 Å². The SMILES string of the molecule is N#Cc1ccccc1OCc1csc(C(=O)O)n1. The Morgan fingerprint density at radius 1 is 1.50 bits per heavy atom. The molecule has 0 aliphatic heterocycles. The second kappa shape index (κ2) is 5.29. The Kier molecular flexibility index (Phi) is 3.55. The van der Waals surface area contributed by atoms with E-state index < -0.39 is 5.97 Å². The van der Waals surface area contributed by atoms with Crippen molar-refractivity contribution in [1.82, 2.24) is 4.98 Å². The van der Waals surface area contributed by atoms with Gasteiger partial charge in [-0.1, -0.05) is 12.1 Å². The highest BCUT2D eigenvalue weighted by atomic mass is 32.1. The van der Waals surface area contributed by atoms with Crippen molar-refractivity contribution in [3.05, 3.63) is 45.9 Å². The van der Waals surface area contributed by atoms with Gasteiger partial charge in [0, 0.05) is 5.38 Å². The Morgan fingerprint density at radius 2 is 2.28 bits per heavy atom. The van der Waals surface area contributed by atoms with Crippen LogP contribution in [0.15, 0.2) is 29.6 Å². The maximum absolute atomic E-state index is 10.7. The first-order valence-corrected chi connectivity index (χ1v) is 5.88. The molecule has 0 aliphatic rings. The second-order valence-corrected chi connectivity index (χ2v) is 4.20. The number of ether oxygens (including phenoxy) is 1. The smallest absolute Gasteiger partial charge is 0.365 e. The fraction of sp³-hybridized carbons (Fsp3) is 0.0833. The van der Waals surface area contributed by atoms with Gasteiger partial charge >= 0.3 is 5.97 Å². The molecule has 1 aromatic carbocycles. The Balaban J connectivity index is 2.07. The van der Waals surface area contributed by atoms with Crippen LogP contribution in [-0.4, -0.2) is 16.1 Å². The molecule has 0 radical (unpaired) electrons. The molecule has 6 heteroatoms. The van der Waals surface area contributed by atoms with E-state index in [0.29, 0.717) is 17.0 Å². The summed E-state index contributed by atoms with van der Waals surface area (Å²) in [5.41, 5.74) is 0.969. The second-order valence-electron chi connectivity index (χ2n) is 3.35. The van der Waals surface area contributed by atoms with Crippen LogP contribution in [0.5, 0.6) is 5.75 Å². The topological polar surface area (TPSA) is 83.2 Å². The summed E-state index contributed by atoms with van der Waals surface area (Å²) in [5.74, 6) is -0.589. The van der Waals surface area contributed by atoms with E-state index in [1.165, 1.54) is 0 Å².